The number of anilines is 1. The van der Waals surface area contributed by atoms with Gasteiger partial charge in [0, 0.05) is 18.1 Å². The molecule has 0 radical (unpaired) electrons. The average molecular weight is 370 g/mol. The Labute approximate surface area is 152 Å². The van der Waals surface area contributed by atoms with Crippen molar-refractivity contribution in [2.24, 2.45) is 0 Å². The van der Waals surface area contributed by atoms with E-state index in [9.17, 15) is 9.59 Å². The first-order valence-electron chi connectivity index (χ1n) is 7.58. The standard InChI is InChI=1S/C18H14N2O5S/c1-23-9-13-12-4-2-3-5-14(12)25-16(13)18(22)24-10-15(21)20-17-11(8-19)6-7-26-17/h2-7H,9-10H2,1H3,(H,20,21). The van der Waals surface area contributed by atoms with Crippen LogP contribution in [0, 0.1) is 11.3 Å². The second-order valence-electron chi connectivity index (χ2n) is 5.24. The van der Waals surface area contributed by atoms with Crippen LogP contribution < -0.4 is 5.32 Å². The summed E-state index contributed by atoms with van der Waals surface area (Å²) in [4.78, 5) is 24.3. The molecule has 0 aliphatic heterocycles. The topological polar surface area (TPSA) is 102 Å². The van der Waals surface area contributed by atoms with Gasteiger partial charge in [-0.1, -0.05) is 18.2 Å². The third-order valence-corrected chi connectivity index (χ3v) is 4.38. The fourth-order valence-corrected chi connectivity index (χ4v) is 3.16. The quantitative estimate of drug-likeness (QED) is 0.668. The highest BCUT2D eigenvalue weighted by Gasteiger charge is 2.22. The summed E-state index contributed by atoms with van der Waals surface area (Å²) in [5, 5.41) is 14.3. The number of nitrogens with one attached hydrogen (secondary N) is 1. The molecular formula is C18H14N2O5S. The Morgan fingerprint density at radius 1 is 1.31 bits per heavy atom. The molecule has 7 nitrogen and oxygen atoms in total. The molecule has 8 heteroatoms. The van der Waals surface area contributed by atoms with Crippen molar-refractivity contribution in [1.29, 1.82) is 5.26 Å². The van der Waals surface area contributed by atoms with E-state index >= 15 is 0 Å². The van der Waals surface area contributed by atoms with Crippen LogP contribution in [0.1, 0.15) is 21.7 Å². The number of nitriles is 1. The molecule has 1 N–H and O–H groups in total. The van der Waals surface area contributed by atoms with Gasteiger partial charge in [-0.05, 0) is 17.5 Å². The number of amides is 1. The Kier molecular flexibility index (Phi) is 5.31. The van der Waals surface area contributed by atoms with Crippen LogP contribution in [0.2, 0.25) is 0 Å². The molecule has 0 bridgehead atoms. The minimum atomic E-state index is -0.755. The number of methoxy groups -OCH3 is 1. The van der Waals surface area contributed by atoms with Gasteiger partial charge in [0.25, 0.3) is 5.91 Å². The van der Waals surface area contributed by atoms with E-state index in [1.807, 2.05) is 18.2 Å². The predicted molar refractivity (Wildman–Crippen MR) is 94.9 cm³/mol. The number of thiophene rings is 1. The van der Waals surface area contributed by atoms with E-state index in [4.69, 9.17) is 19.2 Å². The summed E-state index contributed by atoms with van der Waals surface area (Å²) in [7, 11) is 1.51. The summed E-state index contributed by atoms with van der Waals surface area (Å²) in [6, 6.07) is 10.7. The van der Waals surface area contributed by atoms with Crippen molar-refractivity contribution in [2.75, 3.05) is 19.0 Å². The highest BCUT2D eigenvalue weighted by atomic mass is 32.1. The summed E-state index contributed by atoms with van der Waals surface area (Å²) >= 11 is 1.22. The summed E-state index contributed by atoms with van der Waals surface area (Å²) < 4.78 is 15.7. The Morgan fingerprint density at radius 3 is 2.88 bits per heavy atom. The molecule has 0 saturated heterocycles. The van der Waals surface area contributed by atoms with Crippen LogP contribution in [0.15, 0.2) is 40.1 Å². The lowest BCUT2D eigenvalue weighted by atomic mass is 10.1. The van der Waals surface area contributed by atoms with Crippen LogP contribution in [0.25, 0.3) is 11.0 Å². The minimum absolute atomic E-state index is 0.00897. The Balaban J connectivity index is 1.70. The number of hydrogen-bond acceptors (Lipinski definition) is 7. The zero-order chi connectivity index (χ0) is 18.5. The molecule has 132 valence electrons. The van der Waals surface area contributed by atoms with Gasteiger partial charge in [0.15, 0.2) is 6.61 Å². The van der Waals surface area contributed by atoms with Gasteiger partial charge >= 0.3 is 5.97 Å². The monoisotopic (exact) mass is 370 g/mol. The zero-order valence-corrected chi connectivity index (χ0v) is 14.6. The summed E-state index contributed by atoms with van der Waals surface area (Å²) in [6.07, 6.45) is 0. The van der Waals surface area contributed by atoms with Crippen molar-refractivity contribution in [3.8, 4) is 6.07 Å². The van der Waals surface area contributed by atoms with Gasteiger partial charge in [-0.15, -0.1) is 11.3 Å². The minimum Gasteiger partial charge on any atom is -0.450 e. The molecule has 0 fully saturated rings. The maximum atomic E-state index is 12.3. The summed E-state index contributed by atoms with van der Waals surface area (Å²) in [5.41, 5.74) is 1.46. The second kappa shape index (κ2) is 7.82. The van der Waals surface area contributed by atoms with Crippen molar-refractivity contribution in [1.82, 2.24) is 0 Å². The molecule has 0 aliphatic rings. The fourth-order valence-electron chi connectivity index (χ4n) is 2.40. The zero-order valence-electron chi connectivity index (χ0n) is 13.8. The number of esters is 1. The van der Waals surface area contributed by atoms with Crippen molar-refractivity contribution in [3.05, 3.63) is 52.6 Å². The Hall–Kier alpha value is -3.15. The number of carbonyl (C=O) groups excluding carboxylic acids is 2. The van der Waals surface area contributed by atoms with Gasteiger partial charge in [0.2, 0.25) is 5.76 Å². The molecule has 1 aromatic carbocycles. The summed E-state index contributed by atoms with van der Waals surface area (Å²) in [5.74, 6) is -1.29. The van der Waals surface area contributed by atoms with Crippen LogP contribution in [-0.4, -0.2) is 25.6 Å². The number of furan rings is 1. The number of para-hydroxylation sites is 1. The van der Waals surface area contributed by atoms with Crippen molar-refractivity contribution in [2.45, 2.75) is 6.61 Å². The van der Waals surface area contributed by atoms with Gasteiger partial charge in [-0.2, -0.15) is 5.26 Å². The van der Waals surface area contributed by atoms with Crippen LogP contribution in [0.4, 0.5) is 5.00 Å². The first-order chi connectivity index (χ1) is 12.6. The van der Waals surface area contributed by atoms with Gasteiger partial charge in [-0.3, -0.25) is 4.79 Å². The molecule has 0 aliphatic carbocycles. The van der Waals surface area contributed by atoms with Crippen molar-refractivity contribution < 1.29 is 23.5 Å². The Morgan fingerprint density at radius 2 is 2.12 bits per heavy atom. The number of nitrogens with zero attached hydrogens (tertiary/aromatic N) is 1. The Bertz CT molecular complexity index is 999. The van der Waals surface area contributed by atoms with Crippen molar-refractivity contribution in [3.63, 3.8) is 0 Å². The fraction of sp³-hybridized carbons (Fsp3) is 0.167. The van der Waals surface area contributed by atoms with E-state index in [0.29, 0.717) is 21.7 Å². The second-order valence-corrected chi connectivity index (χ2v) is 6.15. The lowest BCUT2D eigenvalue weighted by Crippen LogP contribution is -2.21. The van der Waals surface area contributed by atoms with Crippen LogP contribution in [0.3, 0.4) is 0 Å². The van der Waals surface area contributed by atoms with E-state index in [1.54, 1.807) is 23.6 Å². The van der Waals surface area contributed by atoms with Gasteiger partial charge in [0.1, 0.15) is 16.7 Å². The van der Waals surface area contributed by atoms with E-state index < -0.39 is 18.5 Å². The van der Waals surface area contributed by atoms with Crippen LogP contribution in [-0.2, 0) is 20.9 Å². The molecule has 2 heterocycles. The first kappa shape index (κ1) is 17.7. The summed E-state index contributed by atoms with van der Waals surface area (Å²) in [6.45, 7) is -0.320. The van der Waals surface area contributed by atoms with E-state index in [2.05, 4.69) is 5.32 Å². The average Bonchev–Trinajstić information content (AvgIpc) is 3.24. The van der Waals surface area contributed by atoms with Gasteiger partial charge in [-0.25, -0.2) is 4.79 Å². The van der Waals surface area contributed by atoms with Crippen LogP contribution >= 0.6 is 11.3 Å². The van der Waals surface area contributed by atoms with Crippen molar-refractivity contribution >= 4 is 39.2 Å². The largest absolute Gasteiger partial charge is 0.450 e. The maximum absolute atomic E-state index is 12.3. The van der Waals surface area contributed by atoms with E-state index in [0.717, 1.165) is 5.39 Å². The normalized spacial score (nSPS) is 10.5. The molecule has 2 aromatic heterocycles. The van der Waals surface area contributed by atoms with E-state index in [1.165, 1.54) is 18.4 Å². The number of carbonyl (C=O) groups is 2. The van der Waals surface area contributed by atoms with Gasteiger partial charge < -0.3 is 19.2 Å². The molecule has 26 heavy (non-hydrogen) atoms. The van der Waals surface area contributed by atoms with Crippen LogP contribution in [0.5, 0.6) is 0 Å². The molecule has 0 spiro atoms. The molecule has 3 aromatic rings. The number of fused-ring (bicyclic) bond motifs is 1. The maximum Gasteiger partial charge on any atom is 0.375 e. The molecule has 3 rings (SSSR count). The molecule has 0 unspecified atom stereocenters. The highest BCUT2D eigenvalue weighted by Crippen LogP contribution is 2.27. The smallest absolute Gasteiger partial charge is 0.375 e. The van der Waals surface area contributed by atoms with E-state index in [-0.39, 0.29) is 12.4 Å². The molecule has 0 atom stereocenters. The molecule has 0 saturated carbocycles. The third kappa shape index (κ3) is 3.59. The number of benzene rings is 1. The molecule has 1 amide bonds. The lowest BCUT2D eigenvalue weighted by Gasteiger charge is -2.05. The third-order valence-electron chi connectivity index (χ3n) is 3.55. The first-order valence-corrected chi connectivity index (χ1v) is 8.46. The number of rotatable bonds is 6. The SMILES string of the molecule is COCc1c(C(=O)OCC(=O)Nc2sccc2C#N)oc2ccccc12. The molecular weight excluding hydrogens is 356 g/mol. The van der Waals surface area contributed by atoms with Gasteiger partial charge in [0.05, 0.1) is 12.2 Å². The predicted octanol–water partition coefficient (Wildman–Crippen LogP) is 3.31. The number of hydrogen-bond donors (Lipinski definition) is 1. The highest BCUT2D eigenvalue weighted by molar-refractivity contribution is 7.14. The lowest BCUT2D eigenvalue weighted by molar-refractivity contribution is -0.119. The number of ether oxygens (including phenoxy) is 2.